The standard InChI is InChI=1S/C26H29N5O5/c1-26(17-36-26)24(33)21(14-18-6-4-3-5-7-18)29-25(34)22(15-19-8-10-20(35-2)11-9-19)28-23(32)16-31-13-12-27-30-31/h3-13,21-22H,14-17H2,1-2H3,(H,28,32)(H,29,34). The number of hydrogen-bond acceptors (Lipinski definition) is 7. The Balaban J connectivity index is 1.52. The van der Waals surface area contributed by atoms with E-state index in [1.54, 1.807) is 32.4 Å². The van der Waals surface area contributed by atoms with Gasteiger partial charge in [-0.05, 0) is 36.6 Å². The second-order valence-corrected chi connectivity index (χ2v) is 8.91. The first-order valence-corrected chi connectivity index (χ1v) is 11.7. The number of Topliss-reactive ketones (excluding diaryl/α,β-unsaturated/α-hetero) is 1. The number of carbonyl (C=O) groups excluding carboxylic acids is 3. The summed E-state index contributed by atoms with van der Waals surface area (Å²) < 4.78 is 11.9. The van der Waals surface area contributed by atoms with Crippen molar-refractivity contribution in [1.82, 2.24) is 25.6 Å². The lowest BCUT2D eigenvalue weighted by Gasteiger charge is -2.24. The van der Waals surface area contributed by atoms with E-state index in [2.05, 4.69) is 20.9 Å². The molecule has 3 aromatic rings. The molecule has 0 bridgehead atoms. The van der Waals surface area contributed by atoms with Crippen LogP contribution in [0.5, 0.6) is 5.75 Å². The molecule has 2 N–H and O–H groups in total. The molecule has 2 heterocycles. The molecule has 2 amide bonds. The highest BCUT2D eigenvalue weighted by Gasteiger charge is 2.50. The molecule has 36 heavy (non-hydrogen) atoms. The lowest BCUT2D eigenvalue weighted by molar-refractivity contribution is -0.133. The van der Waals surface area contributed by atoms with Crippen molar-refractivity contribution in [3.63, 3.8) is 0 Å². The van der Waals surface area contributed by atoms with E-state index in [0.717, 1.165) is 11.1 Å². The van der Waals surface area contributed by atoms with Crippen LogP contribution in [-0.4, -0.2) is 64.0 Å². The van der Waals surface area contributed by atoms with Crippen LogP contribution in [0.25, 0.3) is 0 Å². The highest BCUT2D eigenvalue weighted by molar-refractivity contribution is 5.98. The molecule has 188 valence electrons. The number of methoxy groups -OCH3 is 1. The Morgan fingerprint density at radius 1 is 1.03 bits per heavy atom. The Bertz CT molecular complexity index is 1180. The second kappa shape index (κ2) is 11.1. The molecule has 0 radical (unpaired) electrons. The molecule has 10 heteroatoms. The van der Waals surface area contributed by atoms with E-state index in [1.807, 2.05) is 42.5 Å². The van der Waals surface area contributed by atoms with Gasteiger partial charge in [0.2, 0.25) is 11.8 Å². The molecular weight excluding hydrogens is 462 g/mol. The molecule has 0 aliphatic carbocycles. The molecule has 1 aliphatic heterocycles. The lowest BCUT2D eigenvalue weighted by atomic mass is 9.94. The minimum Gasteiger partial charge on any atom is -0.497 e. The van der Waals surface area contributed by atoms with Crippen LogP contribution in [0.2, 0.25) is 0 Å². The van der Waals surface area contributed by atoms with E-state index < -0.39 is 29.5 Å². The van der Waals surface area contributed by atoms with E-state index >= 15 is 0 Å². The third-order valence-electron chi connectivity index (χ3n) is 6.04. The van der Waals surface area contributed by atoms with Gasteiger partial charge < -0.3 is 20.1 Å². The number of nitrogens with one attached hydrogen (secondary N) is 2. The molecular formula is C26H29N5O5. The van der Waals surface area contributed by atoms with Gasteiger partial charge in [0.1, 0.15) is 23.9 Å². The topological polar surface area (TPSA) is 128 Å². The fraction of sp³-hybridized carbons (Fsp3) is 0.346. The van der Waals surface area contributed by atoms with Crippen molar-refractivity contribution in [1.29, 1.82) is 0 Å². The fourth-order valence-corrected chi connectivity index (χ4v) is 3.86. The van der Waals surface area contributed by atoms with Crippen LogP contribution < -0.4 is 15.4 Å². The fourth-order valence-electron chi connectivity index (χ4n) is 3.86. The lowest BCUT2D eigenvalue weighted by Crippen LogP contribution is -2.55. The molecule has 4 rings (SSSR count). The van der Waals surface area contributed by atoms with Crippen LogP contribution in [0.4, 0.5) is 0 Å². The normalized spacial score (nSPS) is 18.1. The quantitative estimate of drug-likeness (QED) is 0.363. The van der Waals surface area contributed by atoms with Gasteiger partial charge in [0, 0.05) is 12.6 Å². The summed E-state index contributed by atoms with van der Waals surface area (Å²) in [5.41, 5.74) is 0.817. The van der Waals surface area contributed by atoms with E-state index in [0.29, 0.717) is 18.8 Å². The maximum atomic E-state index is 13.5. The van der Waals surface area contributed by atoms with Gasteiger partial charge in [-0.25, -0.2) is 4.68 Å². The third kappa shape index (κ3) is 6.54. The Kier molecular flexibility index (Phi) is 7.74. The maximum absolute atomic E-state index is 13.5. The first-order valence-electron chi connectivity index (χ1n) is 11.7. The summed E-state index contributed by atoms with van der Waals surface area (Å²) in [7, 11) is 1.57. The minimum absolute atomic E-state index is 0.0926. The van der Waals surface area contributed by atoms with Gasteiger partial charge in [-0.15, -0.1) is 5.10 Å². The van der Waals surface area contributed by atoms with Crippen molar-refractivity contribution in [3.8, 4) is 5.75 Å². The van der Waals surface area contributed by atoms with Gasteiger partial charge >= 0.3 is 0 Å². The largest absolute Gasteiger partial charge is 0.497 e. The number of hydrogen-bond donors (Lipinski definition) is 2. The number of carbonyl (C=O) groups is 3. The zero-order chi connectivity index (χ0) is 25.5. The molecule has 2 aromatic carbocycles. The highest BCUT2D eigenvalue weighted by Crippen LogP contribution is 2.29. The van der Waals surface area contributed by atoms with Crippen LogP contribution in [0, 0.1) is 0 Å². The SMILES string of the molecule is COc1ccc(CC(NC(=O)Cn2ccnn2)C(=O)NC(Cc2ccccc2)C(=O)C2(C)CO2)cc1. The zero-order valence-corrected chi connectivity index (χ0v) is 20.2. The summed E-state index contributed by atoms with van der Waals surface area (Å²) in [5.74, 6) is -0.383. The summed E-state index contributed by atoms with van der Waals surface area (Å²) >= 11 is 0. The second-order valence-electron chi connectivity index (χ2n) is 8.91. The smallest absolute Gasteiger partial charge is 0.243 e. The molecule has 0 saturated carbocycles. The minimum atomic E-state index is -0.923. The predicted molar refractivity (Wildman–Crippen MR) is 130 cm³/mol. The molecule has 3 unspecified atom stereocenters. The van der Waals surface area contributed by atoms with Crippen molar-refractivity contribution in [2.75, 3.05) is 13.7 Å². The van der Waals surface area contributed by atoms with Crippen LogP contribution in [0.15, 0.2) is 67.0 Å². The molecule has 3 atom stereocenters. The Morgan fingerprint density at radius 3 is 2.31 bits per heavy atom. The molecule has 10 nitrogen and oxygen atoms in total. The van der Waals surface area contributed by atoms with Crippen LogP contribution in [-0.2, 0) is 38.5 Å². The molecule has 1 fully saturated rings. The monoisotopic (exact) mass is 491 g/mol. The van der Waals surface area contributed by atoms with E-state index in [9.17, 15) is 14.4 Å². The van der Waals surface area contributed by atoms with Gasteiger partial charge in [0.15, 0.2) is 5.78 Å². The number of ether oxygens (including phenoxy) is 2. The highest BCUT2D eigenvalue weighted by atomic mass is 16.6. The average molecular weight is 492 g/mol. The summed E-state index contributed by atoms with van der Waals surface area (Å²) in [6, 6.07) is 14.9. The van der Waals surface area contributed by atoms with Crippen molar-refractivity contribution in [3.05, 3.63) is 78.1 Å². The van der Waals surface area contributed by atoms with Crippen LogP contribution >= 0.6 is 0 Å². The summed E-state index contributed by atoms with van der Waals surface area (Å²) in [6.45, 7) is 1.94. The van der Waals surface area contributed by atoms with E-state index in [4.69, 9.17) is 9.47 Å². The van der Waals surface area contributed by atoms with Crippen molar-refractivity contribution in [2.24, 2.45) is 0 Å². The summed E-state index contributed by atoms with van der Waals surface area (Å²) in [4.78, 5) is 39.4. The number of amides is 2. The van der Waals surface area contributed by atoms with Crippen molar-refractivity contribution < 1.29 is 23.9 Å². The van der Waals surface area contributed by atoms with E-state index in [-0.39, 0.29) is 18.7 Å². The Hall–Kier alpha value is -4.05. The number of benzene rings is 2. The number of nitrogens with zero attached hydrogens (tertiary/aromatic N) is 3. The van der Waals surface area contributed by atoms with Crippen molar-refractivity contribution >= 4 is 17.6 Å². The van der Waals surface area contributed by atoms with Gasteiger partial charge in [-0.2, -0.15) is 0 Å². The molecule has 1 aliphatic rings. The number of rotatable bonds is 12. The number of epoxide rings is 1. The number of ketones is 1. The zero-order valence-electron chi connectivity index (χ0n) is 20.2. The molecule has 0 spiro atoms. The van der Waals surface area contributed by atoms with Crippen LogP contribution in [0.1, 0.15) is 18.1 Å². The molecule has 1 aromatic heterocycles. The Labute approximate surface area is 209 Å². The Morgan fingerprint density at radius 2 is 1.69 bits per heavy atom. The summed E-state index contributed by atoms with van der Waals surface area (Å²) in [5, 5.41) is 13.1. The van der Waals surface area contributed by atoms with Gasteiger partial charge in [0.05, 0.1) is 26.0 Å². The van der Waals surface area contributed by atoms with Gasteiger partial charge in [0.25, 0.3) is 0 Å². The van der Waals surface area contributed by atoms with Gasteiger partial charge in [-0.1, -0.05) is 47.7 Å². The third-order valence-corrected chi connectivity index (χ3v) is 6.04. The molecule has 1 saturated heterocycles. The first kappa shape index (κ1) is 25.1. The maximum Gasteiger partial charge on any atom is 0.243 e. The average Bonchev–Trinajstić information content (AvgIpc) is 3.43. The van der Waals surface area contributed by atoms with Gasteiger partial charge in [-0.3, -0.25) is 14.4 Å². The van der Waals surface area contributed by atoms with E-state index in [1.165, 1.54) is 10.9 Å². The van der Waals surface area contributed by atoms with Crippen molar-refractivity contribution in [2.45, 2.75) is 44.0 Å². The van der Waals surface area contributed by atoms with Crippen LogP contribution in [0.3, 0.4) is 0 Å². The number of aromatic nitrogens is 3. The predicted octanol–water partition coefficient (Wildman–Crippen LogP) is 1.10. The summed E-state index contributed by atoms with van der Waals surface area (Å²) in [6.07, 6.45) is 3.56. The first-order chi connectivity index (χ1) is 17.4.